The zero-order valence-electron chi connectivity index (χ0n) is 11.7. The van der Waals surface area contributed by atoms with E-state index in [1.54, 1.807) is 6.08 Å². The topological polar surface area (TPSA) is 9.23 Å². The predicted octanol–water partition coefficient (Wildman–Crippen LogP) is 4.85. The van der Waals surface area contributed by atoms with Crippen LogP contribution in [0.1, 0.15) is 31.7 Å². The lowest BCUT2D eigenvalue weighted by Crippen LogP contribution is -2.39. The van der Waals surface area contributed by atoms with E-state index in [-0.39, 0.29) is 6.42 Å². The van der Waals surface area contributed by atoms with E-state index in [4.69, 9.17) is 4.74 Å². The zero-order valence-corrected chi connectivity index (χ0v) is 11.7. The van der Waals surface area contributed by atoms with Crippen LogP contribution in [0.2, 0.25) is 0 Å². The van der Waals surface area contributed by atoms with Crippen molar-refractivity contribution < 1.29 is 13.5 Å². The normalized spacial score (nSPS) is 22.1. The summed E-state index contributed by atoms with van der Waals surface area (Å²) in [5.74, 6) is 0. The molecule has 0 amide bonds. The van der Waals surface area contributed by atoms with E-state index >= 15 is 0 Å². The highest BCUT2D eigenvalue weighted by Crippen LogP contribution is 2.34. The Morgan fingerprint density at radius 2 is 2.00 bits per heavy atom. The zero-order chi connectivity index (χ0) is 14.4. The van der Waals surface area contributed by atoms with Crippen molar-refractivity contribution in [2.24, 2.45) is 0 Å². The smallest absolute Gasteiger partial charge is 0.270 e. The van der Waals surface area contributed by atoms with Gasteiger partial charge in [0.05, 0.1) is 0 Å². The first-order valence-electron chi connectivity index (χ1n) is 7.05. The molecular weight excluding hydrogens is 258 g/mol. The van der Waals surface area contributed by atoms with Crippen molar-refractivity contribution in [2.75, 3.05) is 6.61 Å². The molecule has 0 fully saturated rings. The van der Waals surface area contributed by atoms with E-state index in [1.165, 1.54) is 6.08 Å². The second kappa shape index (κ2) is 6.80. The second-order valence-corrected chi connectivity index (χ2v) is 5.02. The molecule has 1 aromatic carbocycles. The van der Waals surface area contributed by atoms with Crippen LogP contribution >= 0.6 is 0 Å². The van der Waals surface area contributed by atoms with E-state index in [1.807, 2.05) is 43.3 Å². The summed E-state index contributed by atoms with van der Waals surface area (Å²) < 4.78 is 32.1. The van der Waals surface area contributed by atoms with Gasteiger partial charge < -0.3 is 4.74 Å². The number of allylic oxidation sites excluding steroid dienone is 2. The van der Waals surface area contributed by atoms with E-state index in [9.17, 15) is 8.78 Å². The number of ether oxygens (including phenoxy) is 1. The Kier molecular flexibility index (Phi) is 5.07. The summed E-state index contributed by atoms with van der Waals surface area (Å²) in [5, 5.41) is 0. The fraction of sp³-hybridized carbons (Fsp3) is 0.412. The van der Waals surface area contributed by atoms with Crippen molar-refractivity contribution in [3.63, 3.8) is 0 Å². The molecule has 1 atom stereocenters. The Labute approximate surface area is 119 Å². The van der Waals surface area contributed by atoms with Crippen molar-refractivity contribution >= 4 is 5.57 Å². The van der Waals surface area contributed by atoms with Gasteiger partial charge in [-0.3, -0.25) is 0 Å². The molecule has 1 aromatic rings. The summed E-state index contributed by atoms with van der Waals surface area (Å²) in [6.45, 7) is 2.39. The van der Waals surface area contributed by atoms with Crippen LogP contribution in [0.5, 0.6) is 0 Å². The van der Waals surface area contributed by atoms with Crippen LogP contribution in [0.25, 0.3) is 5.57 Å². The minimum atomic E-state index is -2.51. The first kappa shape index (κ1) is 14.9. The third-order valence-electron chi connectivity index (χ3n) is 3.53. The minimum Gasteiger partial charge on any atom is -0.365 e. The summed E-state index contributed by atoms with van der Waals surface area (Å²) in [6, 6.07) is 9.77. The van der Waals surface area contributed by atoms with E-state index in [0.29, 0.717) is 6.61 Å². The van der Waals surface area contributed by atoms with Gasteiger partial charge in [-0.05, 0) is 23.6 Å². The second-order valence-electron chi connectivity index (χ2n) is 5.02. The SMILES string of the molecule is CCCCOC1(C(F)F)C=CC(c2ccccc2)=CC1. The molecule has 108 valence electrons. The molecule has 1 aliphatic rings. The number of benzene rings is 1. The third-order valence-corrected chi connectivity index (χ3v) is 3.53. The molecular formula is C17H20F2O. The Morgan fingerprint density at radius 3 is 2.55 bits per heavy atom. The van der Waals surface area contributed by atoms with Gasteiger partial charge in [0.15, 0.2) is 5.60 Å². The van der Waals surface area contributed by atoms with Crippen LogP contribution in [0, 0.1) is 0 Å². The third kappa shape index (κ3) is 3.34. The van der Waals surface area contributed by atoms with Gasteiger partial charge in [-0.25, -0.2) is 8.78 Å². The summed E-state index contributed by atoms with van der Waals surface area (Å²) >= 11 is 0. The highest BCUT2D eigenvalue weighted by molar-refractivity contribution is 5.75. The molecule has 0 aromatic heterocycles. The van der Waals surface area contributed by atoms with Crippen molar-refractivity contribution in [1.29, 1.82) is 0 Å². The van der Waals surface area contributed by atoms with E-state index < -0.39 is 12.0 Å². The summed E-state index contributed by atoms with van der Waals surface area (Å²) in [7, 11) is 0. The van der Waals surface area contributed by atoms with Crippen molar-refractivity contribution in [2.45, 2.75) is 38.2 Å². The highest BCUT2D eigenvalue weighted by atomic mass is 19.3. The Morgan fingerprint density at radius 1 is 1.25 bits per heavy atom. The number of alkyl halides is 2. The van der Waals surface area contributed by atoms with Gasteiger partial charge in [-0.15, -0.1) is 0 Å². The van der Waals surface area contributed by atoms with Gasteiger partial charge in [-0.2, -0.15) is 0 Å². The highest BCUT2D eigenvalue weighted by Gasteiger charge is 2.39. The van der Waals surface area contributed by atoms with Gasteiger partial charge in [0.25, 0.3) is 6.43 Å². The van der Waals surface area contributed by atoms with Crippen LogP contribution in [0.15, 0.2) is 48.6 Å². The monoisotopic (exact) mass is 278 g/mol. The molecule has 0 spiro atoms. The van der Waals surface area contributed by atoms with Gasteiger partial charge in [0, 0.05) is 13.0 Å². The van der Waals surface area contributed by atoms with Crippen LogP contribution in [0.4, 0.5) is 8.78 Å². The number of rotatable bonds is 6. The number of halogens is 2. The Bertz CT molecular complexity index is 479. The van der Waals surface area contributed by atoms with Crippen LogP contribution in [-0.2, 0) is 4.74 Å². The van der Waals surface area contributed by atoms with Crippen LogP contribution in [-0.4, -0.2) is 18.6 Å². The molecule has 20 heavy (non-hydrogen) atoms. The summed E-state index contributed by atoms with van der Waals surface area (Å²) in [4.78, 5) is 0. The maximum atomic E-state index is 13.3. The Hall–Kier alpha value is -1.48. The van der Waals surface area contributed by atoms with Crippen molar-refractivity contribution in [3.05, 3.63) is 54.1 Å². The molecule has 3 heteroatoms. The minimum absolute atomic E-state index is 0.217. The maximum Gasteiger partial charge on any atom is 0.270 e. The molecule has 1 unspecified atom stereocenters. The fourth-order valence-corrected chi connectivity index (χ4v) is 2.22. The van der Waals surface area contributed by atoms with Gasteiger partial charge in [-0.1, -0.05) is 55.8 Å². The quantitative estimate of drug-likeness (QED) is 0.676. The molecule has 0 heterocycles. The van der Waals surface area contributed by atoms with E-state index in [0.717, 1.165) is 24.0 Å². The molecule has 0 bridgehead atoms. The lowest BCUT2D eigenvalue weighted by Gasteiger charge is -2.31. The van der Waals surface area contributed by atoms with Crippen molar-refractivity contribution in [3.8, 4) is 0 Å². The number of hydrogen-bond donors (Lipinski definition) is 0. The predicted molar refractivity (Wildman–Crippen MR) is 77.8 cm³/mol. The van der Waals surface area contributed by atoms with Gasteiger partial charge >= 0.3 is 0 Å². The lowest BCUT2D eigenvalue weighted by atomic mass is 9.89. The molecule has 2 rings (SSSR count). The van der Waals surface area contributed by atoms with Gasteiger partial charge in [0.1, 0.15) is 0 Å². The first-order valence-corrected chi connectivity index (χ1v) is 7.05. The molecule has 0 radical (unpaired) electrons. The van der Waals surface area contributed by atoms with Crippen molar-refractivity contribution in [1.82, 2.24) is 0 Å². The average molecular weight is 278 g/mol. The molecule has 0 saturated heterocycles. The van der Waals surface area contributed by atoms with E-state index in [2.05, 4.69) is 0 Å². The summed E-state index contributed by atoms with van der Waals surface area (Å²) in [6.07, 6.45) is 4.56. The standard InChI is InChI=1S/C17H20F2O/c1-2-3-13-20-17(16(18)19)11-9-15(10-12-17)14-7-5-4-6-8-14/h4-11,16H,2-3,12-13H2,1H3. The molecule has 0 saturated carbocycles. The molecule has 0 N–H and O–H groups in total. The fourth-order valence-electron chi connectivity index (χ4n) is 2.22. The number of unbranched alkanes of at least 4 members (excludes halogenated alkanes) is 1. The molecule has 1 nitrogen and oxygen atoms in total. The average Bonchev–Trinajstić information content (AvgIpc) is 2.49. The molecule has 1 aliphatic carbocycles. The maximum absolute atomic E-state index is 13.3. The largest absolute Gasteiger partial charge is 0.365 e. The summed E-state index contributed by atoms with van der Waals surface area (Å²) in [5.41, 5.74) is 0.564. The van der Waals surface area contributed by atoms with Gasteiger partial charge in [0.2, 0.25) is 0 Å². The number of hydrogen-bond acceptors (Lipinski definition) is 1. The lowest BCUT2D eigenvalue weighted by molar-refractivity contribution is -0.109. The Balaban J connectivity index is 2.10. The molecule has 0 aliphatic heterocycles. The van der Waals surface area contributed by atoms with Crippen LogP contribution in [0.3, 0.4) is 0 Å². The van der Waals surface area contributed by atoms with Crippen LogP contribution < -0.4 is 0 Å². The first-order chi connectivity index (χ1) is 9.68.